The molecule has 112 valence electrons. The second-order valence-corrected chi connectivity index (χ2v) is 5.31. The highest BCUT2D eigenvalue weighted by atomic mass is 16.5. The molecule has 1 aliphatic carbocycles. The summed E-state index contributed by atoms with van der Waals surface area (Å²) in [4.78, 5) is 12.4. The molecule has 0 spiro atoms. The molecular formula is C17H16N2O3. The SMILES string of the molecule is COc1ccc([C@H]2C(C#N)=C(N)OC3=C2C(=O)CCC3)cc1. The number of rotatable bonds is 2. The predicted octanol–water partition coefficient (Wildman–Crippen LogP) is 2.51. The van der Waals surface area contributed by atoms with Crippen LogP contribution in [0.3, 0.4) is 0 Å². The first-order valence-electron chi connectivity index (χ1n) is 7.13. The second kappa shape index (κ2) is 5.57. The van der Waals surface area contributed by atoms with E-state index >= 15 is 0 Å². The Morgan fingerprint density at radius 2 is 2.05 bits per heavy atom. The van der Waals surface area contributed by atoms with Crippen molar-refractivity contribution >= 4 is 5.78 Å². The number of Topliss-reactive ketones (excluding diaryl/α,β-unsaturated/α-hetero) is 1. The highest BCUT2D eigenvalue weighted by Crippen LogP contribution is 2.43. The van der Waals surface area contributed by atoms with Crippen LogP contribution in [0.15, 0.2) is 47.1 Å². The maximum absolute atomic E-state index is 12.4. The smallest absolute Gasteiger partial charge is 0.205 e. The summed E-state index contributed by atoms with van der Waals surface area (Å²) in [5, 5.41) is 9.44. The van der Waals surface area contributed by atoms with E-state index in [9.17, 15) is 10.1 Å². The minimum absolute atomic E-state index is 0.0299. The lowest BCUT2D eigenvalue weighted by Crippen LogP contribution is -2.27. The number of hydrogen-bond donors (Lipinski definition) is 1. The van der Waals surface area contributed by atoms with Crippen LogP contribution < -0.4 is 10.5 Å². The number of carbonyl (C=O) groups is 1. The van der Waals surface area contributed by atoms with Crippen LogP contribution in [0.5, 0.6) is 5.75 Å². The number of ketones is 1. The molecule has 0 radical (unpaired) electrons. The highest BCUT2D eigenvalue weighted by Gasteiger charge is 2.37. The lowest BCUT2D eigenvalue weighted by molar-refractivity contribution is -0.116. The predicted molar refractivity (Wildman–Crippen MR) is 79.5 cm³/mol. The first kappa shape index (κ1) is 14.2. The first-order chi connectivity index (χ1) is 10.7. The fourth-order valence-corrected chi connectivity index (χ4v) is 2.99. The van der Waals surface area contributed by atoms with Crippen molar-refractivity contribution in [2.24, 2.45) is 5.73 Å². The third-order valence-corrected chi connectivity index (χ3v) is 4.05. The molecule has 0 aromatic heterocycles. The summed E-state index contributed by atoms with van der Waals surface area (Å²) in [6, 6.07) is 9.42. The van der Waals surface area contributed by atoms with Crippen molar-refractivity contribution in [1.29, 1.82) is 5.26 Å². The molecule has 5 nitrogen and oxygen atoms in total. The molecule has 0 saturated carbocycles. The van der Waals surface area contributed by atoms with Crippen molar-refractivity contribution in [2.45, 2.75) is 25.2 Å². The van der Waals surface area contributed by atoms with Crippen LogP contribution in [-0.2, 0) is 9.53 Å². The molecule has 0 unspecified atom stereocenters. The second-order valence-electron chi connectivity index (χ2n) is 5.31. The number of nitrogens with zero attached hydrogens (tertiary/aromatic N) is 1. The van der Waals surface area contributed by atoms with Crippen LogP contribution in [0.25, 0.3) is 0 Å². The molecule has 3 rings (SSSR count). The van der Waals surface area contributed by atoms with Gasteiger partial charge in [0, 0.05) is 18.4 Å². The third kappa shape index (κ3) is 2.23. The van der Waals surface area contributed by atoms with Gasteiger partial charge in [-0.15, -0.1) is 0 Å². The van der Waals surface area contributed by atoms with Gasteiger partial charge in [-0.2, -0.15) is 5.26 Å². The van der Waals surface area contributed by atoms with E-state index < -0.39 is 5.92 Å². The zero-order valence-corrected chi connectivity index (χ0v) is 12.3. The third-order valence-electron chi connectivity index (χ3n) is 4.05. The molecule has 1 heterocycles. The summed E-state index contributed by atoms with van der Waals surface area (Å²) in [5.41, 5.74) is 7.59. The summed E-state index contributed by atoms with van der Waals surface area (Å²) in [7, 11) is 1.59. The number of benzene rings is 1. The Balaban J connectivity index is 2.13. The quantitative estimate of drug-likeness (QED) is 0.906. The van der Waals surface area contributed by atoms with E-state index in [-0.39, 0.29) is 11.7 Å². The molecule has 0 bridgehead atoms. The van der Waals surface area contributed by atoms with Crippen molar-refractivity contribution in [3.63, 3.8) is 0 Å². The number of methoxy groups -OCH3 is 1. The zero-order chi connectivity index (χ0) is 15.7. The Hall–Kier alpha value is -2.74. The van der Waals surface area contributed by atoms with Crippen LogP contribution >= 0.6 is 0 Å². The molecule has 2 aliphatic rings. The summed E-state index contributed by atoms with van der Waals surface area (Å²) in [6.45, 7) is 0. The molecule has 0 amide bonds. The molecule has 1 aromatic rings. The number of ether oxygens (including phenoxy) is 2. The van der Waals surface area contributed by atoms with Gasteiger partial charge in [0.15, 0.2) is 5.78 Å². The Morgan fingerprint density at radius 3 is 2.68 bits per heavy atom. The summed E-state index contributed by atoms with van der Waals surface area (Å²) in [6.07, 6.45) is 1.91. The van der Waals surface area contributed by atoms with Gasteiger partial charge in [-0.3, -0.25) is 4.79 Å². The van der Waals surface area contributed by atoms with Crippen LogP contribution in [0, 0.1) is 11.3 Å². The van der Waals surface area contributed by atoms with Gasteiger partial charge in [-0.25, -0.2) is 0 Å². The lowest BCUT2D eigenvalue weighted by Gasteiger charge is -2.31. The molecule has 1 atom stereocenters. The van der Waals surface area contributed by atoms with E-state index in [2.05, 4.69) is 6.07 Å². The van der Waals surface area contributed by atoms with Crippen molar-refractivity contribution in [3.05, 3.63) is 52.6 Å². The molecule has 0 fully saturated rings. The van der Waals surface area contributed by atoms with Gasteiger partial charge in [0.2, 0.25) is 5.88 Å². The van der Waals surface area contributed by atoms with Crippen LogP contribution in [-0.4, -0.2) is 12.9 Å². The van der Waals surface area contributed by atoms with Gasteiger partial charge >= 0.3 is 0 Å². The van der Waals surface area contributed by atoms with Gasteiger partial charge in [0.25, 0.3) is 0 Å². The largest absolute Gasteiger partial charge is 0.497 e. The van der Waals surface area contributed by atoms with Crippen LogP contribution in [0.4, 0.5) is 0 Å². The van der Waals surface area contributed by atoms with Gasteiger partial charge in [-0.05, 0) is 24.1 Å². The first-order valence-corrected chi connectivity index (χ1v) is 7.13. The van der Waals surface area contributed by atoms with E-state index in [1.54, 1.807) is 7.11 Å². The molecule has 1 aliphatic heterocycles. The minimum Gasteiger partial charge on any atom is -0.497 e. The Bertz CT molecular complexity index is 723. The molecular weight excluding hydrogens is 280 g/mol. The van der Waals surface area contributed by atoms with Crippen molar-refractivity contribution in [1.82, 2.24) is 0 Å². The van der Waals surface area contributed by atoms with E-state index in [4.69, 9.17) is 15.2 Å². The fourth-order valence-electron chi connectivity index (χ4n) is 2.99. The molecule has 22 heavy (non-hydrogen) atoms. The molecule has 2 N–H and O–H groups in total. The van der Waals surface area contributed by atoms with Crippen molar-refractivity contribution < 1.29 is 14.3 Å². The van der Waals surface area contributed by atoms with Crippen molar-refractivity contribution in [3.8, 4) is 11.8 Å². The summed E-state index contributed by atoms with van der Waals surface area (Å²) >= 11 is 0. The van der Waals surface area contributed by atoms with Crippen LogP contribution in [0.1, 0.15) is 30.7 Å². The highest BCUT2D eigenvalue weighted by molar-refractivity contribution is 5.99. The maximum Gasteiger partial charge on any atom is 0.205 e. The van der Waals surface area contributed by atoms with E-state index in [0.29, 0.717) is 29.7 Å². The number of hydrogen-bond acceptors (Lipinski definition) is 5. The van der Waals surface area contributed by atoms with Gasteiger partial charge < -0.3 is 15.2 Å². The van der Waals surface area contributed by atoms with Gasteiger partial charge in [-0.1, -0.05) is 12.1 Å². The monoisotopic (exact) mass is 296 g/mol. The molecule has 1 aromatic carbocycles. The number of nitrogens with two attached hydrogens (primary N) is 1. The van der Waals surface area contributed by atoms with Gasteiger partial charge in [0.05, 0.1) is 13.0 Å². The average molecular weight is 296 g/mol. The fraction of sp³-hybridized carbons (Fsp3) is 0.294. The summed E-state index contributed by atoms with van der Waals surface area (Å²) < 4.78 is 10.7. The van der Waals surface area contributed by atoms with Crippen molar-refractivity contribution in [2.75, 3.05) is 7.11 Å². The van der Waals surface area contributed by atoms with E-state index in [1.165, 1.54) is 0 Å². The standard InChI is InChI=1S/C17H16N2O3/c1-21-11-7-5-10(6-8-11)15-12(9-18)17(19)22-14-4-2-3-13(20)16(14)15/h5-8,15H,2-4,19H2,1H3/t15-/m0/s1. The zero-order valence-electron chi connectivity index (χ0n) is 12.3. The maximum atomic E-state index is 12.4. The summed E-state index contributed by atoms with van der Waals surface area (Å²) in [5.74, 6) is 0.996. The number of carbonyl (C=O) groups excluding carboxylic acids is 1. The molecule has 0 saturated heterocycles. The Kier molecular flexibility index (Phi) is 3.60. The Labute approximate surface area is 128 Å². The van der Waals surface area contributed by atoms with Crippen LogP contribution in [0.2, 0.25) is 0 Å². The molecule has 5 heteroatoms. The van der Waals surface area contributed by atoms with E-state index in [0.717, 1.165) is 17.7 Å². The Morgan fingerprint density at radius 1 is 1.32 bits per heavy atom. The lowest BCUT2D eigenvalue weighted by atomic mass is 9.77. The number of nitriles is 1. The average Bonchev–Trinajstić information content (AvgIpc) is 2.54. The van der Waals surface area contributed by atoms with E-state index in [1.807, 2.05) is 24.3 Å². The minimum atomic E-state index is -0.451. The topological polar surface area (TPSA) is 85.3 Å². The normalized spacial score (nSPS) is 21.1. The number of allylic oxidation sites excluding steroid dienone is 3. The van der Waals surface area contributed by atoms with Gasteiger partial charge in [0.1, 0.15) is 23.2 Å².